The van der Waals surface area contributed by atoms with Crippen molar-refractivity contribution >= 4 is 46.4 Å². The van der Waals surface area contributed by atoms with Gasteiger partial charge in [-0.25, -0.2) is 4.39 Å². The van der Waals surface area contributed by atoms with Crippen molar-refractivity contribution in [2.75, 3.05) is 13.1 Å². The number of hydrogen-bond acceptors (Lipinski definition) is 4. The van der Waals surface area contributed by atoms with Crippen LogP contribution in [-0.4, -0.2) is 34.7 Å². The van der Waals surface area contributed by atoms with E-state index in [1.807, 2.05) is 17.5 Å². The molecule has 0 saturated heterocycles. The van der Waals surface area contributed by atoms with E-state index >= 15 is 0 Å². The van der Waals surface area contributed by atoms with Crippen LogP contribution in [0.4, 0.5) is 4.39 Å². The third-order valence-electron chi connectivity index (χ3n) is 6.42. The summed E-state index contributed by atoms with van der Waals surface area (Å²) < 4.78 is 18.8. The molecule has 1 atom stereocenters. The van der Waals surface area contributed by atoms with Crippen molar-refractivity contribution in [1.29, 1.82) is 0 Å². The molecule has 3 heterocycles. The van der Waals surface area contributed by atoms with Gasteiger partial charge in [0.1, 0.15) is 18.1 Å². The summed E-state index contributed by atoms with van der Waals surface area (Å²) in [5.74, 6) is -0.266. The normalized spacial score (nSPS) is 14.9. The van der Waals surface area contributed by atoms with E-state index in [-0.39, 0.29) is 43.2 Å². The Labute approximate surface area is 228 Å². The highest BCUT2D eigenvalue weighted by molar-refractivity contribution is 7.10. The zero-order valence-electron chi connectivity index (χ0n) is 19.7. The molecule has 0 radical (unpaired) electrons. The van der Waals surface area contributed by atoms with Gasteiger partial charge in [0, 0.05) is 21.5 Å². The summed E-state index contributed by atoms with van der Waals surface area (Å²) in [7, 11) is 0. The molecule has 1 aliphatic heterocycles. The summed E-state index contributed by atoms with van der Waals surface area (Å²) in [5.41, 5.74) is 2.48. The number of rotatable bonds is 7. The number of benzene rings is 2. The topological polar surface area (TPSA) is 53.8 Å². The van der Waals surface area contributed by atoms with Gasteiger partial charge in [0.05, 0.1) is 25.3 Å². The Morgan fingerprint density at radius 1 is 1.08 bits per heavy atom. The van der Waals surface area contributed by atoms with E-state index in [4.69, 9.17) is 27.6 Å². The van der Waals surface area contributed by atoms with Crippen LogP contribution in [0.15, 0.2) is 76.7 Å². The Balaban J connectivity index is 1.42. The van der Waals surface area contributed by atoms with Gasteiger partial charge in [0.25, 0.3) is 0 Å². The second-order valence-electron chi connectivity index (χ2n) is 8.84. The molecular weight excluding hydrogens is 534 g/mol. The molecule has 0 unspecified atom stereocenters. The van der Waals surface area contributed by atoms with Crippen LogP contribution < -0.4 is 0 Å². The van der Waals surface area contributed by atoms with Gasteiger partial charge in [0.2, 0.25) is 11.8 Å². The van der Waals surface area contributed by atoms with Gasteiger partial charge < -0.3 is 14.2 Å². The van der Waals surface area contributed by atoms with Crippen LogP contribution in [0.25, 0.3) is 0 Å². The van der Waals surface area contributed by atoms with Crippen molar-refractivity contribution in [3.8, 4) is 0 Å². The molecule has 0 fully saturated rings. The molecule has 0 spiro atoms. The summed E-state index contributed by atoms with van der Waals surface area (Å²) in [5, 5.41) is 3.02. The van der Waals surface area contributed by atoms with E-state index in [0.717, 1.165) is 17.5 Å². The minimum Gasteiger partial charge on any atom is -0.467 e. The van der Waals surface area contributed by atoms with Crippen LogP contribution in [0.2, 0.25) is 10.0 Å². The highest BCUT2D eigenvalue weighted by Gasteiger charge is 2.35. The van der Waals surface area contributed by atoms with Crippen molar-refractivity contribution in [3.63, 3.8) is 0 Å². The third kappa shape index (κ3) is 5.74. The van der Waals surface area contributed by atoms with Gasteiger partial charge in [-0.2, -0.15) is 0 Å². The van der Waals surface area contributed by atoms with Gasteiger partial charge in [-0.1, -0.05) is 41.4 Å². The smallest absolute Gasteiger partial charge is 0.243 e. The van der Waals surface area contributed by atoms with E-state index in [1.165, 1.54) is 28.2 Å². The molecule has 0 N–H and O–H groups in total. The lowest BCUT2D eigenvalue weighted by Crippen LogP contribution is -2.46. The maximum atomic E-state index is 13.8. The average Bonchev–Trinajstić information content (AvgIpc) is 3.57. The van der Waals surface area contributed by atoms with E-state index in [0.29, 0.717) is 27.9 Å². The first-order valence-electron chi connectivity index (χ1n) is 11.7. The second-order valence-corrected chi connectivity index (χ2v) is 10.7. The fraction of sp³-hybridized carbons (Fsp3) is 0.214. The molecule has 2 amide bonds. The molecule has 2 aromatic carbocycles. The lowest BCUT2D eigenvalue weighted by Gasteiger charge is -2.38. The van der Waals surface area contributed by atoms with Crippen LogP contribution >= 0.6 is 34.5 Å². The quantitative estimate of drug-likeness (QED) is 0.260. The van der Waals surface area contributed by atoms with Crippen LogP contribution in [0.5, 0.6) is 0 Å². The molecule has 190 valence electrons. The largest absolute Gasteiger partial charge is 0.467 e. The molecular formula is C28H23Cl2FN2O3S. The highest BCUT2D eigenvalue weighted by Crippen LogP contribution is 2.41. The Bertz CT molecular complexity index is 1410. The number of furan rings is 1. The summed E-state index contributed by atoms with van der Waals surface area (Å²) >= 11 is 14.4. The number of carbonyl (C=O) groups excluding carboxylic acids is 2. The SMILES string of the molecule is O=C(Cc1ccc(F)cc1)N(CC(=O)N1CCc2sccc2[C@@H]1c1ccc(Cl)cc1Cl)Cc1ccco1. The number of nitrogens with zero attached hydrogens (tertiary/aromatic N) is 2. The maximum absolute atomic E-state index is 13.8. The van der Waals surface area contributed by atoms with Gasteiger partial charge in [-0.3, -0.25) is 9.59 Å². The summed E-state index contributed by atoms with van der Waals surface area (Å²) in [6.07, 6.45) is 2.29. The van der Waals surface area contributed by atoms with Gasteiger partial charge in [-0.15, -0.1) is 11.3 Å². The maximum Gasteiger partial charge on any atom is 0.243 e. The van der Waals surface area contributed by atoms with E-state index in [2.05, 4.69) is 0 Å². The Kier molecular flexibility index (Phi) is 7.65. The molecule has 1 aliphatic rings. The number of fused-ring (bicyclic) bond motifs is 1. The predicted octanol–water partition coefficient (Wildman–Crippen LogP) is 6.53. The Morgan fingerprint density at radius 3 is 2.62 bits per heavy atom. The lowest BCUT2D eigenvalue weighted by molar-refractivity contribution is -0.142. The van der Waals surface area contributed by atoms with E-state index in [1.54, 1.807) is 52.6 Å². The zero-order valence-corrected chi connectivity index (χ0v) is 22.0. The molecule has 0 saturated carbocycles. The summed E-state index contributed by atoms with van der Waals surface area (Å²) in [6, 6.07) is 16.2. The fourth-order valence-electron chi connectivity index (χ4n) is 4.61. The van der Waals surface area contributed by atoms with Gasteiger partial charge in [-0.05, 0) is 71.0 Å². The molecule has 5 rings (SSSR count). The average molecular weight is 557 g/mol. The lowest BCUT2D eigenvalue weighted by atomic mass is 9.93. The number of amides is 2. The predicted molar refractivity (Wildman–Crippen MR) is 142 cm³/mol. The van der Waals surface area contributed by atoms with Crippen LogP contribution in [0.1, 0.15) is 33.4 Å². The van der Waals surface area contributed by atoms with Crippen molar-refractivity contribution in [2.45, 2.75) is 25.4 Å². The molecule has 37 heavy (non-hydrogen) atoms. The number of hydrogen-bond donors (Lipinski definition) is 0. The van der Waals surface area contributed by atoms with Crippen LogP contribution in [0.3, 0.4) is 0 Å². The first-order chi connectivity index (χ1) is 17.9. The highest BCUT2D eigenvalue weighted by atomic mass is 35.5. The minimum absolute atomic E-state index is 0.0371. The standard InChI is InChI=1S/C28H23Cl2FN2O3S/c29-19-5-8-22(24(30)15-19)28-23-10-13-37-25(23)9-11-33(28)27(35)17-32(16-21-2-1-12-36-21)26(34)14-18-3-6-20(31)7-4-18/h1-8,10,12-13,15,28H,9,11,14,16-17H2/t28-/m0/s1. The molecule has 5 nitrogen and oxygen atoms in total. The zero-order chi connectivity index (χ0) is 25.9. The molecule has 2 aromatic heterocycles. The second kappa shape index (κ2) is 11.1. The van der Waals surface area contributed by atoms with Gasteiger partial charge in [0.15, 0.2) is 0 Å². The number of thiophene rings is 1. The number of carbonyl (C=O) groups is 2. The molecule has 0 aliphatic carbocycles. The van der Waals surface area contributed by atoms with E-state index < -0.39 is 0 Å². The van der Waals surface area contributed by atoms with Crippen molar-refractivity contribution in [1.82, 2.24) is 9.80 Å². The van der Waals surface area contributed by atoms with Crippen molar-refractivity contribution in [2.24, 2.45) is 0 Å². The van der Waals surface area contributed by atoms with Crippen molar-refractivity contribution in [3.05, 3.63) is 115 Å². The molecule has 9 heteroatoms. The van der Waals surface area contributed by atoms with Crippen LogP contribution in [-0.2, 0) is 29.0 Å². The van der Waals surface area contributed by atoms with Crippen molar-refractivity contribution < 1.29 is 18.4 Å². The number of halogens is 3. The van der Waals surface area contributed by atoms with Gasteiger partial charge >= 0.3 is 0 Å². The van der Waals surface area contributed by atoms with Crippen LogP contribution in [0, 0.1) is 5.82 Å². The minimum atomic E-state index is -0.384. The molecule has 0 bridgehead atoms. The Hall–Kier alpha value is -3.13. The summed E-state index contributed by atoms with van der Waals surface area (Å²) in [4.78, 5) is 31.6. The Morgan fingerprint density at radius 2 is 1.89 bits per heavy atom. The first kappa shape index (κ1) is 25.5. The first-order valence-corrected chi connectivity index (χ1v) is 13.4. The van der Waals surface area contributed by atoms with E-state index in [9.17, 15) is 14.0 Å². The fourth-order valence-corrected chi connectivity index (χ4v) is 6.03. The monoisotopic (exact) mass is 556 g/mol. The summed E-state index contributed by atoms with van der Waals surface area (Å²) in [6.45, 7) is 0.501. The molecule has 4 aromatic rings. The third-order valence-corrected chi connectivity index (χ3v) is 7.98.